The maximum absolute atomic E-state index is 13.0. The third kappa shape index (κ3) is 3.40. The monoisotopic (exact) mass is 352 g/mol. The Morgan fingerprint density at radius 1 is 1.12 bits per heavy atom. The molecule has 0 spiro atoms. The molecule has 0 N–H and O–H groups in total. The molecule has 2 heterocycles. The van der Waals surface area contributed by atoms with Gasteiger partial charge in [0.25, 0.3) is 0 Å². The average Bonchev–Trinajstić information content (AvgIpc) is 2.67. The van der Waals surface area contributed by atoms with Crippen molar-refractivity contribution in [2.24, 2.45) is 0 Å². The molecule has 0 aliphatic carbocycles. The van der Waals surface area contributed by atoms with E-state index in [4.69, 9.17) is 0 Å². The molecule has 4 heteroatoms. The Hall–Kier alpha value is -1.94. The summed E-state index contributed by atoms with van der Waals surface area (Å²) in [6, 6.07) is 17.0. The van der Waals surface area contributed by atoms with Gasteiger partial charge in [-0.1, -0.05) is 43.3 Å². The van der Waals surface area contributed by atoms with Crippen molar-refractivity contribution in [2.75, 3.05) is 24.5 Å². The molecule has 2 aromatic carbocycles. The largest absolute Gasteiger partial charge is 0.360 e. The minimum Gasteiger partial charge on any atom is -0.360 e. The molecule has 2 aliphatic rings. The standard InChI is InChI=1S/C21H24N2OS/c1-2-18-14-23(19-9-5-6-10-20(19)25-18)15-21(24)22-12-11-16-7-3-4-8-17(16)13-22/h3-10,18H,2,11-15H2,1H3. The number of fused-ring (bicyclic) bond motifs is 2. The molecule has 25 heavy (non-hydrogen) atoms. The van der Waals surface area contributed by atoms with Crippen LogP contribution >= 0.6 is 11.8 Å². The Bertz CT molecular complexity index is 776. The number of hydrogen-bond donors (Lipinski definition) is 0. The number of para-hydroxylation sites is 1. The summed E-state index contributed by atoms with van der Waals surface area (Å²) in [5, 5.41) is 0.560. The molecular weight excluding hydrogens is 328 g/mol. The molecule has 2 aliphatic heterocycles. The Morgan fingerprint density at radius 3 is 2.72 bits per heavy atom. The Labute approximate surface area is 154 Å². The highest BCUT2D eigenvalue weighted by molar-refractivity contribution is 8.00. The molecule has 1 amide bonds. The van der Waals surface area contributed by atoms with Crippen molar-refractivity contribution in [3.8, 4) is 0 Å². The fourth-order valence-electron chi connectivity index (χ4n) is 3.71. The van der Waals surface area contributed by atoms with Gasteiger partial charge in [0.15, 0.2) is 0 Å². The molecule has 0 radical (unpaired) electrons. The maximum atomic E-state index is 13.0. The first kappa shape index (κ1) is 16.5. The van der Waals surface area contributed by atoms with Gasteiger partial charge < -0.3 is 9.80 Å². The van der Waals surface area contributed by atoms with Crippen LogP contribution < -0.4 is 4.90 Å². The first-order valence-electron chi connectivity index (χ1n) is 9.10. The average molecular weight is 353 g/mol. The summed E-state index contributed by atoms with van der Waals surface area (Å²) in [5.74, 6) is 0.242. The van der Waals surface area contributed by atoms with Gasteiger partial charge >= 0.3 is 0 Å². The minimum atomic E-state index is 0.242. The quantitative estimate of drug-likeness (QED) is 0.835. The molecule has 3 nitrogen and oxygen atoms in total. The van der Waals surface area contributed by atoms with Crippen molar-refractivity contribution in [1.82, 2.24) is 4.90 Å². The molecule has 0 bridgehead atoms. The topological polar surface area (TPSA) is 23.6 Å². The van der Waals surface area contributed by atoms with Gasteiger partial charge in [-0.25, -0.2) is 0 Å². The fraction of sp³-hybridized carbons (Fsp3) is 0.381. The van der Waals surface area contributed by atoms with Crippen LogP contribution in [0.15, 0.2) is 53.4 Å². The number of carbonyl (C=O) groups is 1. The van der Waals surface area contributed by atoms with E-state index in [0.29, 0.717) is 11.8 Å². The third-order valence-corrected chi connectivity index (χ3v) is 6.60. The van der Waals surface area contributed by atoms with E-state index in [2.05, 4.69) is 60.4 Å². The van der Waals surface area contributed by atoms with Crippen LogP contribution in [0.3, 0.4) is 0 Å². The highest BCUT2D eigenvalue weighted by Gasteiger charge is 2.28. The molecule has 0 saturated heterocycles. The Balaban J connectivity index is 1.49. The zero-order valence-corrected chi connectivity index (χ0v) is 15.5. The Kier molecular flexibility index (Phi) is 4.71. The second-order valence-electron chi connectivity index (χ2n) is 6.83. The van der Waals surface area contributed by atoms with Crippen molar-refractivity contribution in [1.29, 1.82) is 0 Å². The minimum absolute atomic E-state index is 0.242. The molecule has 0 saturated carbocycles. The lowest BCUT2D eigenvalue weighted by atomic mass is 10.00. The van der Waals surface area contributed by atoms with E-state index >= 15 is 0 Å². The highest BCUT2D eigenvalue weighted by atomic mass is 32.2. The highest BCUT2D eigenvalue weighted by Crippen LogP contribution is 2.39. The van der Waals surface area contributed by atoms with E-state index < -0.39 is 0 Å². The third-order valence-electron chi connectivity index (χ3n) is 5.19. The zero-order valence-electron chi connectivity index (χ0n) is 14.6. The molecule has 0 aromatic heterocycles. The second-order valence-corrected chi connectivity index (χ2v) is 8.17. The Morgan fingerprint density at radius 2 is 1.88 bits per heavy atom. The number of nitrogens with zero attached hydrogens (tertiary/aromatic N) is 2. The molecular formula is C21H24N2OS. The van der Waals surface area contributed by atoms with Gasteiger partial charge in [0.1, 0.15) is 0 Å². The van der Waals surface area contributed by atoms with Crippen LogP contribution in [0.5, 0.6) is 0 Å². The van der Waals surface area contributed by atoms with Crippen molar-refractivity contribution in [3.05, 3.63) is 59.7 Å². The molecule has 0 fully saturated rings. The molecule has 1 unspecified atom stereocenters. The van der Waals surface area contributed by atoms with Crippen LogP contribution in [0.25, 0.3) is 0 Å². The van der Waals surface area contributed by atoms with E-state index in [-0.39, 0.29) is 5.91 Å². The molecule has 130 valence electrons. The molecule has 1 atom stereocenters. The van der Waals surface area contributed by atoms with E-state index in [1.54, 1.807) is 0 Å². The smallest absolute Gasteiger partial charge is 0.242 e. The summed E-state index contributed by atoms with van der Waals surface area (Å²) in [7, 11) is 0. The number of amides is 1. The van der Waals surface area contributed by atoms with Crippen molar-refractivity contribution in [3.63, 3.8) is 0 Å². The summed E-state index contributed by atoms with van der Waals surface area (Å²) in [6.45, 7) is 5.24. The van der Waals surface area contributed by atoms with Gasteiger partial charge in [-0.3, -0.25) is 4.79 Å². The van der Waals surface area contributed by atoms with Crippen molar-refractivity contribution in [2.45, 2.75) is 36.5 Å². The lowest BCUT2D eigenvalue weighted by Gasteiger charge is -2.37. The SMILES string of the molecule is CCC1CN(CC(=O)N2CCc3ccccc3C2)c2ccccc2S1. The van der Waals surface area contributed by atoms with Crippen molar-refractivity contribution >= 4 is 23.4 Å². The second kappa shape index (κ2) is 7.12. The van der Waals surface area contributed by atoms with E-state index in [1.807, 2.05) is 16.7 Å². The summed E-state index contributed by atoms with van der Waals surface area (Å²) in [4.78, 5) is 18.6. The number of anilines is 1. The predicted octanol–water partition coefficient (Wildman–Crippen LogP) is 3.96. The normalized spacial score (nSPS) is 19.3. The van der Waals surface area contributed by atoms with E-state index in [9.17, 15) is 4.79 Å². The lowest BCUT2D eigenvalue weighted by molar-refractivity contribution is -0.130. The van der Waals surface area contributed by atoms with E-state index in [0.717, 1.165) is 32.5 Å². The summed E-state index contributed by atoms with van der Waals surface area (Å²) in [6.07, 6.45) is 2.09. The number of rotatable bonds is 3. The maximum Gasteiger partial charge on any atom is 0.242 e. The first-order chi connectivity index (χ1) is 12.2. The van der Waals surface area contributed by atoms with Crippen LogP contribution in [-0.4, -0.2) is 35.7 Å². The fourth-order valence-corrected chi connectivity index (χ4v) is 4.97. The summed E-state index contributed by atoms with van der Waals surface area (Å²) in [5.41, 5.74) is 3.89. The van der Waals surface area contributed by atoms with Crippen LogP contribution in [0, 0.1) is 0 Å². The zero-order chi connectivity index (χ0) is 17.2. The van der Waals surface area contributed by atoms with Crippen LogP contribution in [0.1, 0.15) is 24.5 Å². The number of thioether (sulfide) groups is 1. The molecule has 2 aromatic rings. The lowest BCUT2D eigenvalue weighted by Crippen LogP contribution is -2.45. The number of benzene rings is 2. The summed E-state index contributed by atoms with van der Waals surface area (Å²) < 4.78 is 0. The number of hydrogen-bond acceptors (Lipinski definition) is 3. The number of carbonyl (C=O) groups excluding carboxylic acids is 1. The van der Waals surface area contributed by atoms with Gasteiger partial charge in [0.05, 0.1) is 12.2 Å². The van der Waals surface area contributed by atoms with Crippen LogP contribution in [-0.2, 0) is 17.8 Å². The van der Waals surface area contributed by atoms with Gasteiger partial charge in [-0.05, 0) is 36.1 Å². The van der Waals surface area contributed by atoms with Gasteiger partial charge in [-0.15, -0.1) is 11.8 Å². The van der Waals surface area contributed by atoms with E-state index in [1.165, 1.54) is 21.7 Å². The van der Waals surface area contributed by atoms with Crippen LogP contribution in [0.2, 0.25) is 0 Å². The van der Waals surface area contributed by atoms with Gasteiger partial charge in [-0.2, -0.15) is 0 Å². The summed E-state index contributed by atoms with van der Waals surface area (Å²) >= 11 is 1.95. The van der Waals surface area contributed by atoms with Gasteiger partial charge in [0, 0.05) is 29.8 Å². The van der Waals surface area contributed by atoms with Crippen molar-refractivity contribution < 1.29 is 4.79 Å². The molecule has 4 rings (SSSR count). The predicted molar refractivity (Wildman–Crippen MR) is 104 cm³/mol. The first-order valence-corrected chi connectivity index (χ1v) is 9.97. The van der Waals surface area contributed by atoms with Crippen LogP contribution in [0.4, 0.5) is 5.69 Å². The van der Waals surface area contributed by atoms with Gasteiger partial charge in [0.2, 0.25) is 5.91 Å².